The van der Waals surface area contributed by atoms with E-state index in [0.717, 1.165) is 12.2 Å². The molecule has 13 heavy (non-hydrogen) atoms. The lowest BCUT2D eigenvalue weighted by molar-refractivity contribution is -0.124. The van der Waals surface area contributed by atoms with Crippen LogP contribution in [-0.4, -0.2) is 29.7 Å². The van der Waals surface area contributed by atoms with Crippen LogP contribution in [-0.2, 0) is 14.3 Å². The molecule has 0 radical (unpaired) electrons. The summed E-state index contributed by atoms with van der Waals surface area (Å²) in [6.45, 7) is 4.75. The van der Waals surface area contributed by atoms with Crippen LogP contribution in [0.4, 0.5) is 4.79 Å². The molecule has 0 N–H and O–H groups in total. The Kier molecular flexibility index (Phi) is 4.83. The second-order valence-electron chi connectivity index (χ2n) is 1.74. The minimum Gasteiger partial charge on any atom is -0.448 e. The summed E-state index contributed by atoms with van der Waals surface area (Å²) >= 11 is 0. The number of hydrazone groups is 1. The second kappa shape index (κ2) is 5.68. The van der Waals surface area contributed by atoms with Crippen molar-refractivity contribution in [1.29, 1.82) is 0 Å². The van der Waals surface area contributed by atoms with Crippen LogP contribution in [0.5, 0.6) is 0 Å². The molecule has 0 heterocycles. The Morgan fingerprint density at radius 1 is 1.69 bits per heavy atom. The van der Waals surface area contributed by atoms with Crippen molar-refractivity contribution in [3.8, 4) is 0 Å². The van der Waals surface area contributed by atoms with E-state index in [1.54, 1.807) is 6.92 Å². The fraction of sp³-hybridized carbons (Fsp3) is 0.286. The van der Waals surface area contributed by atoms with Crippen molar-refractivity contribution in [3.63, 3.8) is 0 Å². The van der Waals surface area contributed by atoms with Gasteiger partial charge in [-0.25, -0.2) is 9.59 Å². The predicted molar refractivity (Wildman–Crippen MR) is 42.2 cm³/mol. The summed E-state index contributed by atoms with van der Waals surface area (Å²) < 4.78 is 4.43. The number of amides is 2. The van der Waals surface area contributed by atoms with E-state index in [0.29, 0.717) is 0 Å². The van der Waals surface area contributed by atoms with Crippen molar-refractivity contribution in [2.45, 2.75) is 6.92 Å². The van der Waals surface area contributed by atoms with Crippen molar-refractivity contribution in [1.82, 2.24) is 5.01 Å². The first-order chi connectivity index (χ1) is 6.17. The SMILES string of the molecule is C=CC(=O)N(N=C=O)C(=O)OCC. The van der Waals surface area contributed by atoms with Crippen LogP contribution in [0.3, 0.4) is 0 Å². The zero-order chi connectivity index (χ0) is 10.3. The molecule has 0 aliphatic carbocycles. The molecule has 6 heteroatoms. The Bertz CT molecular complexity index is 268. The van der Waals surface area contributed by atoms with Gasteiger partial charge in [-0.15, -0.1) is 5.01 Å². The lowest BCUT2D eigenvalue weighted by atomic mass is 10.6. The number of rotatable bonds is 3. The third kappa shape index (κ3) is 3.31. The molecule has 0 spiro atoms. The van der Waals surface area contributed by atoms with Gasteiger partial charge in [-0.3, -0.25) is 4.79 Å². The molecule has 0 unspecified atom stereocenters. The highest BCUT2D eigenvalue weighted by Gasteiger charge is 2.19. The van der Waals surface area contributed by atoms with Gasteiger partial charge in [0.05, 0.1) is 6.61 Å². The van der Waals surface area contributed by atoms with Gasteiger partial charge >= 0.3 is 6.09 Å². The molecule has 0 saturated heterocycles. The van der Waals surface area contributed by atoms with Gasteiger partial charge in [-0.2, -0.15) is 0 Å². The Morgan fingerprint density at radius 3 is 2.69 bits per heavy atom. The lowest BCUT2D eigenvalue weighted by Crippen LogP contribution is -2.31. The summed E-state index contributed by atoms with van der Waals surface area (Å²) in [5.74, 6) is -0.846. The maximum Gasteiger partial charge on any atom is 0.438 e. The number of carbonyl (C=O) groups is 2. The summed E-state index contributed by atoms with van der Waals surface area (Å²) in [5, 5.41) is 3.09. The molecule has 0 aromatic rings. The number of imide groups is 1. The second-order valence-corrected chi connectivity index (χ2v) is 1.74. The molecule has 0 aromatic heterocycles. The molecule has 6 nitrogen and oxygen atoms in total. The molecule has 2 amide bonds. The first-order valence-corrected chi connectivity index (χ1v) is 3.38. The number of ether oxygens (including phenoxy) is 1. The molecule has 0 aliphatic heterocycles. The topological polar surface area (TPSA) is 76.0 Å². The summed E-state index contributed by atoms with van der Waals surface area (Å²) in [4.78, 5) is 31.6. The van der Waals surface area contributed by atoms with Crippen LogP contribution in [0.25, 0.3) is 0 Å². The largest absolute Gasteiger partial charge is 0.448 e. The number of hydrogen-bond donors (Lipinski definition) is 0. The zero-order valence-electron chi connectivity index (χ0n) is 7.02. The van der Waals surface area contributed by atoms with E-state index < -0.39 is 12.0 Å². The van der Waals surface area contributed by atoms with Crippen molar-refractivity contribution in [3.05, 3.63) is 12.7 Å². The number of nitrogens with zero attached hydrogens (tertiary/aromatic N) is 2. The van der Waals surface area contributed by atoms with Crippen LogP contribution < -0.4 is 0 Å². The Balaban J connectivity index is 4.59. The third-order valence-corrected chi connectivity index (χ3v) is 0.965. The van der Waals surface area contributed by atoms with Crippen molar-refractivity contribution >= 4 is 18.1 Å². The molecule has 0 bridgehead atoms. The molecule has 0 fully saturated rings. The highest BCUT2D eigenvalue weighted by atomic mass is 16.6. The lowest BCUT2D eigenvalue weighted by Gasteiger charge is -2.09. The Morgan fingerprint density at radius 2 is 2.31 bits per heavy atom. The highest BCUT2D eigenvalue weighted by molar-refractivity contribution is 5.98. The first-order valence-electron chi connectivity index (χ1n) is 3.38. The fourth-order valence-electron chi connectivity index (χ4n) is 0.492. The van der Waals surface area contributed by atoms with E-state index in [1.165, 1.54) is 0 Å². The van der Waals surface area contributed by atoms with Gasteiger partial charge in [0.15, 0.2) is 0 Å². The number of hydrogen-bond acceptors (Lipinski definition) is 5. The van der Waals surface area contributed by atoms with Gasteiger partial charge in [0, 0.05) is 0 Å². The van der Waals surface area contributed by atoms with Crippen LogP contribution >= 0.6 is 0 Å². The monoisotopic (exact) mass is 184 g/mol. The van der Waals surface area contributed by atoms with E-state index in [1.807, 2.05) is 0 Å². The summed E-state index contributed by atoms with van der Waals surface area (Å²) in [7, 11) is 0. The minimum absolute atomic E-state index is 0.0775. The fourth-order valence-corrected chi connectivity index (χ4v) is 0.492. The molecule has 0 atom stereocenters. The van der Waals surface area contributed by atoms with E-state index in [4.69, 9.17) is 0 Å². The third-order valence-electron chi connectivity index (χ3n) is 0.965. The molecular formula is C7H8N2O4. The maximum absolute atomic E-state index is 10.9. The number of isocyanates is 1. The zero-order valence-corrected chi connectivity index (χ0v) is 7.02. The standard InChI is InChI=1S/C7H8N2O4/c1-3-6(11)9(8-5-10)7(12)13-4-2/h3H,1,4H2,2H3. The van der Waals surface area contributed by atoms with Crippen molar-refractivity contribution < 1.29 is 19.1 Å². The molecule has 0 aromatic carbocycles. The van der Waals surface area contributed by atoms with Crippen molar-refractivity contribution in [2.75, 3.05) is 6.61 Å². The average Bonchev–Trinajstić information content (AvgIpc) is 2.13. The highest BCUT2D eigenvalue weighted by Crippen LogP contribution is 1.96. The van der Waals surface area contributed by atoms with Crippen molar-refractivity contribution in [2.24, 2.45) is 5.10 Å². The summed E-state index contributed by atoms with van der Waals surface area (Å²) in [5.41, 5.74) is 0. The van der Waals surface area contributed by atoms with Gasteiger partial charge in [0.2, 0.25) is 0 Å². The first kappa shape index (κ1) is 11.1. The van der Waals surface area contributed by atoms with Crippen LogP contribution in [0.2, 0.25) is 0 Å². The quantitative estimate of drug-likeness (QED) is 0.275. The molecule has 70 valence electrons. The average molecular weight is 184 g/mol. The van der Waals surface area contributed by atoms with E-state index >= 15 is 0 Å². The van der Waals surface area contributed by atoms with E-state index in [-0.39, 0.29) is 11.6 Å². The van der Waals surface area contributed by atoms with Gasteiger partial charge < -0.3 is 4.74 Å². The minimum atomic E-state index is -1.03. The smallest absolute Gasteiger partial charge is 0.438 e. The molecule has 0 saturated carbocycles. The number of carbonyl (C=O) groups excluding carboxylic acids is 3. The normalized spacial score (nSPS) is 8.08. The van der Waals surface area contributed by atoms with Crippen LogP contribution in [0, 0.1) is 0 Å². The van der Waals surface area contributed by atoms with E-state index in [9.17, 15) is 14.4 Å². The van der Waals surface area contributed by atoms with Gasteiger partial charge in [-0.1, -0.05) is 11.7 Å². The van der Waals surface area contributed by atoms with E-state index in [2.05, 4.69) is 16.4 Å². The summed E-state index contributed by atoms with van der Waals surface area (Å²) in [6, 6.07) is 0. The van der Waals surface area contributed by atoms with Crippen LogP contribution in [0.1, 0.15) is 6.92 Å². The maximum atomic E-state index is 10.9. The van der Waals surface area contributed by atoms with Gasteiger partial charge in [0.1, 0.15) is 0 Å². The van der Waals surface area contributed by atoms with Gasteiger partial charge in [0.25, 0.3) is 12.0 Å². The Labute approximate surface area is 74.5 Å². The molecular weight excluding hydrogens is 176 g/mol. The Hall–Kier alpha value is -1.94. The predicted octanol–water partition coefficient (Wildman–Crippen LogP) is 0.408. The van der Waals surface area contributed by atoms with Gasteiger partial charge in [-0.05, 0) is 13.0 Å². The summed E-state index contributed by atoms with van der Waals surface area (Å²) in [6.07, 6.45) is 0.853. The van der Waals surface area contributed by atoms with Crippen LogP contribution in [0.15, 0.2) is 17.8 Å². The molecule has 0 rings (SSSR count). The molecule has 0 aliphatic rings.